The van der Waals surface area contributed by atoms with Gasteiger partial charge in [0, 0.05) is 18.5 Å². The topological polar surface area (TPSA) is 51.2 Å². The van der Waals surface area contributed by atoms with Crippen LogP contribution in [0, 0.1) is 0 Å². The second-order valence-electron chi connectivity index (χ2n) is 4.16. The van der Waals surface area contributed by atoms with Gasteiger partial charge in [0.1, 0.15) is 11.9 Å². The Hall–Kier alpha value is -1.26. The van der Waals surface area contributed by atoms with E-state index < -0.39 is 6.10 Å². The molecule has 0 aliphatic carbocycles. The van der Waals surface area contributed by atoms with E-state index in [0.29, 0.717) is 10.7 Å². The van der Waals surface area contributed by atoms with Crippen LogP contribution in [0.15, 0.2) is 22.9 Å². The van der Waals surface area contributed by atoms with Crippen LogP contribution in [0.5, 0.6) is 0 Å². The van der Waals surface area contributed by atoms with Crippen LogP contribution < -0.4 is 0 Å². The molecule has 2 rings (SSSR count). The highest BCUT2D eigenvalue weighted by atomic mass is 35.5. The van der Waals surface area contributed by atoms with Crippen LogP contribution >= 0.6 is 11.6 Å². The van der Waals surface area contributed by atoms with Crippen LogP contribution in [-0.2, 0) is 13.0 Å². The van der Waals surface area contributed by atoms with E-state index in [9.17, 15) is 5.11 Å². The Morgan fingerprint density at radius 3 is 2.94 bits per heavy atom. The average Bonchev–Trinajstić information content (AvgIpc) is 2.96. The molecule has 0 spiro atoms. The highest BCUT2D eigenvalue weighted by Gasteiger charge is 2.23. The first-order valence-electron chi connectivity index (χ1n) is 6.14. The van der Waals surface area contributed by atoms with E-state index >= 15 is 0 Å². The van der Waals surface area contributed by atoms with Crippen LogP contribution in [-0.4, -0.2) is 14.9 Å². The van der Waals surface area contributed by atoms with Crippen molar-refractivity contribution in [2.45, 2.75) is 39.3 Å². The zero-order valence-electron chi connectivity index (χ0n) is 10.6. The van der Waals surface area contributed by atoms with Gasteiger partial charge in [0.25, 0.3) is 0 Å². The molecule has 98 valence electrons. The van der Waals surface area contributed by atoms with E-state index in [4.69, 9.17) is 16.0 Å². The molecule has 5 heteroatoms. The van der Waals surface area contributed by atoms with Gasteiger partial charge in [-0.15, -0.1) is 0 Å². The van der Waals surface area contributed by atoms with Crippen molar-refractivity contribution in [3.8, 4) is 0 Å². The second kappa shape index (κ2) is 5.59. The van der Waals surface area contributed by atoms with Crippen LogP contribution in [0.25, 0.3) is 0 Å². The molecule has 0 fully saturated rings. The zero-order valence-corrected chi connectivity index (χ0v) is 11.3. The minimum absolute atomic E-state index is 0.485. The number of hydrogen-bond acceptors (Lipinski definition) is 3. The number of aliphatic hydroxyl groups is 1. The third-order valence-corrected chi connectivity index (χ3v) is 3.21. The molecule has 0 radical (unpaired) electrons. The molecule has 18 heavy (non-hydrogen) atoms. The van der Waals surface area contributed by atoms with Gasteiger partial charge in [-0.05, 0) is 12.5 Å². The standard InChI is InChI=1S/C13H17ClN2O2/c1-3-6-16-12(10(14)8-15-16)13(17)9-5-7-18-11(9)4-2/h5,7-8,13,17H,3-4,6H2,1-2H3. The molecule has 2 heterocycles. The lowest BCUT2D eigenvalue weighted by Crippen LogP contribution is -2.11. The van der Waals surface area contributed by atoms with Crippen molar-refractivity contribution in [3.63, 3.8) is 0 Å². The molecule has 0 aliphatic rings. The van der Waals surface area contributed by atoms with Crippen LogP contribution in [0.3, 0.4) is 0 Å². The number of aliphatic hydroxyl groups excluding tert-OH is 1. The molecule has 1 atom stereocenters. The minimum Gasteiger partial charge on any atom is -0.469 e. The van der Waals surface area contributed by atoms with Gasteiger partial charge in [0.15, 0.2) is 0 Å². The highest BCUT2D eigenvalue weighted by Crippen LogP contribution is 2.31. The molecule has 2 aromatic heterocycles. The minimum atomic E-state index is -0.791. The smallest absolute Gasteiger partial charge is 0.126 e. The van der Waals surface area contributed by atoms with Gasteiger partial charge >= 0.3 is 0 Å². The summed E-state index contributed by atoms with van der Waals surface area (Å²) in [6.07, 6.45) is 4.04. The van der Waals surface area contributed by atoms with Crippen molar-refractivity contribution in [2.75, 3.05) is 0 Å². The summed E-state index contributed by atoms with van der Waals surface area (Å²) >= 11 is 6.11. The average molecular weight is 269 g/mol. The predicted molar refractivity (Wildman–Crippen MR) is 69.7 cm³/mol. The third-order valence-electron chi connectivity index (χ3n) is 2.92. The van der Waals surface area contributed by atoms with Gasteiger partial charge in [-0.3, -0.25) is 4.68 Å². The highest BCUT2D eigenvalue weighted by molar-refractivity contribution is 6.31. The van der Waals surface area contributed by atoms with Crippen molar-refractivity contribution in [1.82, 2.24) is 9.78 Å². The molecule has 2 aromatic rings. The van der Waals surface area contributed by atoms with Gasteiger partial charge in [-0.1, -0.05) is 25.4 Å². The number of halogens is 1. The predicted octanol–water partition coefficient (Wildman–Crippen LogP) is 3.18. The first-order chi connectivity index (χ1) is 8.69. The Labute approximate surface area is 111 Å². The van der Waals surface area contributed by atoms with Crippen LogP contribution in [0.2, 0.25) is 5.02 Å². The van der Waals surface area contributed by atoms with Crippen LogP contribution in [0.4, 0.5) is 0 Å². The van der Waals surface area contributed by atoms with E-state index in [0.717, 1.165) is 30.7 Å². The number of hydrogen-bond donors (Lipinski definition) is 1. The van der Waals surface area contributed by atoms with E-state index in [-0.39, 0.29) is 0 Å². The normalized spacial score (nSPS) is 12.9. The zero-order chi connectivity index (χ0) is 13.1. The monoisotopic (exact) mass is 268 g/mol. The maximum atomic E-state index is 10.5. The summed E-state index contributed by atoms with van der Waals surface area (Å²) < 4.78 is 7.09. The first-order valence-corrected chi connectivity index (χ1v) is 6.52. The van der Waals surface area contributed by atoms with E-state index in [1.165, 1.54) is 0 Å². The molecule has 0 bridgehead atoms. The maximum Gasteiger partial charge on any atom is 0.126 e. The van der Waals surface area contributed by atoms with Crippen molar-refractivity contribution >= 4 is 11.6 Å². The fraction of sp³-hybridized carbons (Fsp3) is 0.462. The molecule has 0 aromatic carbocycles. The molecule has 0 amide bonds. The summed E-state index contributed by atoms with van der Waals surface area (Å²) in [5, 5.41) is 15.1. The number of aromatic nitrogens is 2. The number of nitrogens with zero attached hydrogens (tertiary/aromatic N) is 2. The number of furan rings is 1. The van der Waals surface area contributed by atoms with Gasteiger partial charge < -0.3 is 9.52 Å². The maximum absolute atomic E-state index is 10.5. The summed E-state index contributed by atoms with van der Waals surface area (Å²) in [5.41, 5.74) is 1.40. The Bertz CT molecular complexity index is 519. The summed E-state index contributed by atoms with van der Waals surface area (Å²) in [4.78, 5) is 0. The summed E-state index contributed by atoms with van der Waals surface area (Å²) in [6, 6.07) is 1.78. The Morgan fingerprint density at radius 1 is 1.50 bits per heavy atom. The molecule has 0 saturated heterocycles. The van der Waals surface area contributed by atoms with E-state index in [1.54, 1.807) is 23.2 Å². The summed E-state index contributed by atoms with van der Waals surface area (Å²) in [5.74, 6) is 0.780. The van der Waals surface area contributed by atoms with Gasteiger partial charge in [-0.2, -0.15) is 5.10 Å². The molecular weight excluding hydrogens is 252 g/mol. The number of aryl methyl sites for hydroxylation is 2. The second-order valence-corrected chi connectivity index (χ2v) is 4.56. The van der Waals surface area contributed by atoms with Crippen molar-refractivity contribution in [3.05, 3.63) is 40.6 Å². The Balaban J connectivity index is 2.39. The largest absolute Gasteiger partial charge is 0.469 e. The fourth-order valence-corrected chi connectivity index (χ4v) is 2.31. The fourth-order valence-electron chi connectivity index (χ4n) is 2.06. The van der Waals surface area contributed by atoms with Gasteiger partial charge in [0.05, 0.1) is 23.2 Å². The van der Waals surface area contributed by atoms with E-state index in [1.807, 2.05) is 6.92 Å². The molecule has 0 aliphatic heterocycles. The van der Waals surface area contributed by atoms with Gasteiger partial charge in [0.2, 0.25) is 0 Å². The summed E-state index contributed by atoms with van der Waals surface area (Å²) in [7, 11) is 0. The van der Waals surface area contributed by atoms with Crippen LogP contribution in [0.1, 0.15) is 43.4 Å². The quantitative estimate of drug-likeness (QED) is 0.906. The SMILES string of the molecule is CCCn1ncc(Cl)c1C(O)c1ccoc1CC. The molecule has 1 N–H and O–H groups in total. The molecule has 4 nitrogen and oxygen atoms in total. The lowest BCUT2D eigenvalue weighted by Gasteiger charge is -2.13. The van der Waals surface area contributed by atoms with Gasteiger partial charge in [-0.25, -0.2) is 0 Å². The molecule has 1 unspecified atom stereocenters. The van der Waals surface area contributed by atoms with Crippen molar-refractivity contribution in [2.24, 2.45) is 0 Å². The van der Waals surface area contributed by atoms with Crippen molar-refractivity contribution in [1.29, 1.82) is 0 Å². The Kier molecular flexibility index (Phi) is 4.09. The first kappa shape index (κ1) is 13.2. The summed E-state index contributed by atoms with van der Waals surface area (Å²) in [6.45, 7) is 4.78. The third kappa shape index (κ3) is 2.31. The Morgan fingerprint density at radius 2 is 2.28 bits per heavy atom. The number of rotatable bonds is 5. The van der Waals surface area contributed by atoms with E-state index in [2.05, 4.69) is 12.0 Å². The lowest BCUT2D eigenvalue weighted by molar-refractivity contribution is 0.204. The molecule has 0 saturated carbocycles. The molecular formula is C13H17ClN2O2. The van der Waals surface area contributed by atoms with Crippen molar-refractivity contribution < 1.29 is 9.52 Å². The lowest BCUT2D eigenvalue weighted by atomic mass is 10.1.